The molecule has 0 fully saturated rings. The minimum Gasteiger partial charge on any atom is -0.351 e. The summed E-state index contributed by atoms with van der Waals surface area (Å²) in [6.45, 7) is 0.520. The molecule has 0 spiro atoms. The zero-order valence-corrected chi connectivity index (χ0v) is 12.6. The van der Waals surface area contributed by atoms with Gasteiger partial charge in [-0.3, -0.25) is 4.79 Å². The summed E-state index contributed by atoms with van der Waals surface area (Å²) in [7, 11) is 0. The minimum atomic E-state index is -0.252. The number of aryl methyl sites for hydroxylation is 1. The van der Waals surface area contributed by atoms with Gasteiger partial charge in [0.1, 0.15) is 5.82 Å². The Labute approximate surface area is 123 Å². The summed E-state index contributed by atoms with van der Waals surface area (Å²) in [5.74, 6) is -0.315. The molecular weight excluding hydrogens is 329 g/mol. The fourth-order valence-corrected chi connectivity index (χ4v) is 3.09. The van der Waals surface area contributed by atoms with E-state index in [0.29, 0.717) is 24.9 Å². The van der Waals surface area contributed by atoms with Crippen molar-refractivity contribution >= 4 is 33.2 Å². The highest BCUT2D eigenvalue weighted by Gasteiger charge is 2.06. The van der Waals surface area contributed by atoms with Crippen LogP contribution in [0.3, 0.4) is 0 Å². The zero-order valence-electron chi connectivity index (χ0n) is 10.2. The summed E-state index contributed by atoms with van der Waals surface area (Å²) in [5.41, 5.74) is 0.580. The van der Waals surface area contributed by atoms with Crippen LogP contribution in [0.15, 0.2) is 40.2 Å². The van der Waals surface area contributed by atoms with Gasteiger partial charge in [-0.15, -0.1) is 11.3 Å². The number of carbonyl (C=O) groups is 1. The van der Waals surface area contributed by atoms with E-state index in [1.807, 2.05) is 12.1 Å². The van der Waals surface area contributed by atoms with E-state index in [0.717, 1.165) is 8.66 Å². The Morgan fingerprint density at radius 2 is 2.05 bits per heavy atom. The van der Waals surface area contributed by atoms with Gasteiger partial charge in [0.25, 0.3) is 0 Å². The highest BCUT2D eigenvalue weighted by molar-refractivity contribution is 9.11. The molecule has 1 aromatic heterocycles. The Bertz CT molecular complexity index is 570. The van der Waals surface area contributed by atoms with Crippen LogP contribution in [0.1, 0.15) is 16.9 Å². The first-order valence-electron chi connectivity index (χ1n) is 5.89. The number of hydrogen-bond acceptors (Lipinski definition) is 2. The molecule has 2 aromatic rings. The summed E-state index contributed by atoms with van der Waals surface area (Å²) in [6.07, 6.45) is 0.722. The van der Waals surface area contributed by atoms with Gasteiger partial charge in [-0.25, -0.2) is 4.39 Å². The first-order chi connectivity index (χ1) is 9.15. The fourth-order valence-electron chi connectivity index (χ4n) is 1.67. The van der Waals surface area contributed by atoms with Crippen LogP contribution < -0.4 is 5.32 Å². The molecule has 0 saturated heterocycles. The van der Waals surface area contributed by atoms with E-state index in [9.17, 15) is 9.18 Å². The van der Waals surface area contributed by atoms with Crippen molar-refractivity contribution in [2.45, 2.75) is 19.4 Å². The Morgan fingerprint density at radius 1 is 1.26 bits per heavy atom. The standard InChI is InChI=1S/C14H13BrFNOS/c15-13-7-6-11(19-13)9-17-14(18)8-5-10-3-1-2-4-12(10)16/h1-4,6-7H,5,8-9H2,(H,17,18). The molecular formula is C14H13BrFNOS. The summed E-state index contributed by atoms with van der Waals surface area (Å²) < 4.78 is 14.4. The first-order valence-corrected chi connectivity index (χ1v) is 7.50. The van der Waals surface area contributed by atoms with Gasteiger partial charge in [0.05, 0.1) is 10.3 Å². The lowest BCUT2D eigenvalue weighted by Crippen LogP contribution is -2.22. The second kappa shape index (κ2) is 6.82. The van der Waals surface area contributed by atoms with Crippen LogP contribution in [0, 0.1) is 5.82 Å². The molecule has 1 amide bonds. The molecule has 2 rings (SSSR count). The van der Waals surface area contributed by atoms with E-state index >= 15 is 0 Å². The van der Waals surface area contributed by atoms with Crippen molar-refractivity contribution in [1.82, 2.24) is 5.32 Å². The van der Waals surface area contributed by atoms with Crippen LogP contribution in [0.2, 0.25) is 0 Å². The highest BCUT2D eigenvalue weighted by Crippen LogP contribution is 2.21. The van der Waals surface area contributed by atoms with Gasteiger partial charge in [0.2, 0.25) is 5.91 Å². The smallest absolute Gasteiger partial charge is 0.220 e. The molecule has 1 aromatic carbocycles. The van der Waals surface area contributed by atoms with Crippen molar-refractivity contribution in [1.29, 1.82) is 0 Å². The lowest BCUT2D eigenvalue weighted by Gasteiger charge is -2.04. The molecule has 1 heterocycles. The lowest BCUT2D eigenvalue weighted by molar-refractivity contribution is -0.121. The van der Waals surface area contributed by atoms with E-state index in [4.69, 9.17) is 0 Å². The maximum atomic E-state index is 13.4. The number of amides is 1. The van der Waals surface area contributed by atoms with Crippen molar-refractivity contribution in [3.63, 3.8) is 0 Å². The Balaban J connectivity index is 1.77. The molecule has 0 aliphatic heterocycles. The second-order valence-electron chi connectivity index (χ2n) is 4.07. The third-order valence-electron chi connectivity index (χ3n) is 2.67. The molecule has 0 atom stereocenters. The molecule has 100 valence electrons. The topological polar surface area (TPSA) is 29.1 Å². The predicted molar refractivity (Wildman–Crippen MR) is 78.6 cm³/mol. The minimum absolute atomic E-state index is 0.0622. The zero-order chi connectivity index (χ0) is 13.7. The predicted octanol–water partition coefficient (Wildman–Crippen LogP) is 3.90. The van der Waals surface area contributed by atoms with E-state index in [1.54, 1.807) is 29.5 Å². The second-order valence-corrected chi connectivity index (χ2v) is 6.62. The van der Waals surface area contributed by atoms with Gasteiger partial charge < -0.3 is 5.32 Å². The van der Waals surface area contributed by atoms with Crippen LogP contribution in [-0.2, 0) is 17.8 Å². The van der Waals surface area contributed by atoms with Crippen LogP contribution in [0.5, 0.6) is 0 Å². The Kier molecular flexibility index (Phi) is 5.10. The summed E-state index contributed by atoms with van der Waals surface area (Å²) in [6, 6.07) is 10.5. The number of benzene rings is 1. The van der Waals surface area contributed by atoms with Crippen molar-refractivity contribution in [3.8, 4) is 0 Å². The Morgan fingerprint density at radius 3 is 2.74 bits per heavy atom. The average molecular weight is 342 g/mol. The van der Waals surface area contributed by atoms with Crippen molar-refractivity contribution in [2.24, 2.45) is 0 Å². The van der Waals surface area contributed by atoms with Gasteiger partial charge in [0, 0.05) is 11.3 Å². The van der Waals surface area contributed by atoms with E-state index in [1.165, 1.54) is 6.07 Å². The molecule has 0 unspecified atom stereocenters. The molecule has 0 aliphatic rings. The van der Waals surface area contributed by atoms with Crippen LogP contribution in [-0.4, -0.2) is 5.91 Å². The van der Waals surface area contributed by atoms with Crippen molar-refractivity contribution in [2.75, 3.05) is 0 Å². The lowest BCUT2D eigenvalue weighted by atomic mass is 10.1. The summed E-state index contributed by atoms with van der Waals surface area (Å²) in [4.78, 5) is 12.8. The third kappa shape index (κ3) is 4.44. The van der Waals surface area contributed by atoms with Gasteiger partial charge in [-0.05, 0) is 46.1 Å². The molecule has 0 radical (unpaired) electrons. The number of carbonyl (C=O) groups excluding carboxylic acids is 1. The quantitative estimate of drug-likeness (QED) is 0.877. The van der Waals surface area contributed by atoms with Gasteiger partial charge >= 0.3 is 0 Å². The molecule has 2 nitrogen and oxygen atoms in total. The average Bonchev–Trinajstić information content (AvgIpc) is 2.81. The largest absolute Gasteiger partial charge is 0.351 e. The third-order valence-corrected chi connectivity index (χ3v) is 4.29. The van der Waals surface area contributed by atoms with E-state index < -0.39 is 0 Å². The maximum Gasteiger partial charge on any atom is 0.220 e. The van der Waals surface area contributed by atoms with Crippen molar-refractivity contribution in [3.05, 3.63) is 56.4 Å². The SMILES string of the molecule is O=C(CCc1ccccc1F)NCc1ccc(Br)s1. The number of thiophene rings is 1. The van der Waals surface area contributed by atoms with Gasteiger partial charge in [-0.1, -0.05) is 18.2 Å². The molecule has 5 heteroatoms. The Hall–Kier alpha value is -1.20. The number of halogens is 2. The van der Waals surface area contributed by atoms with Gasteiger partial charge in [0.15, 0.2) is 0 Å². The van der Waals surface area contributed by atoms with E-state index in [-0.39, 0.29) is 11.7 Å². The highest BCUT2D eigenvalue weighted by atomic mass is 79.9. The normalized spacial score (nSPS) is 10.4. The van der Waals surface area contributed by atoms with E-state index in [2.05, 4.69) is 21.2 Å². The first kappa shape index (κ1) is 14.2. The number of hydrogen-bond donors (Lipinski definition) is 1. The fraction of sp³-hybridized carbons (Fsp3) is 0.214. The summed E-state index contributed by atoms with van der Waals surface area (Å²) in [5, 5.41) is 2.83. The van der Waals surface area contributed by atoms with Crippen LogP contribution in [0.4, 0.5) is 4.39 Å². The number of nitrogens with one attached hydrogen (secondary N) is 1. The number of rotatable bonds is 5. The summed E-state index contributed by atoms with van der Waals surface area (Å²) >= 11 is 4.96. The monoisotopic (exact) mass is 341 g/mol. The van der Waals surface area contributed by atoms with Crippen LogP contribution in [0.25, 0.3) is 0 Å². The molecule has 19 heavy (non-hydrogen) atoms. The van der Waals surface area contributed by atoms with Crippen molar-refractivity contribution < 1.29 is 9.18 Å². The molecule has 0 bridgehead atoms. The van der Waals surface area contributed by atoms with Crippen LogP contribution >= 0.6 is 27.3 Å². The van der Waals surface area contributed by atoms with Gasteiger partial charge in [-0.2, -0.15) is 0 Å². The molecule has 1 N–H and O–H groups in total. The molecule has 0 saturated carbocycles. The molecule has 0 aliphatic carbocycles. The maximum absolute atomic E-state index is 13.4.